The summed E-state index contributed by atoms with van der Waals surface area (Å²) in [5, 5.41) is 0. The normalized spacial score (nSPS) is 10.4. The van der Waals surface area contributed by atoms with Gasteiger partial charge >= 0.3 is 0 Å². The van der Waals surface area contributed by atoms with E-state index < -0.39 is 0 Å². The van der Waals surface area contributed by atoms with E-state index in [-0.39, 0.29) is 11.6 Å². The molecule has 0 N–H and O–H groups in total. The molecule has 0 atom stereocenters. The van der Waals surface area contributed by atoms with E-state index in [0.717, 1.165) is 28.2 Å². The van der Waals surface area contributed by atoms with E-state index in [1.54, 1.807) is 13.8 Å². The van der Waals surface area contributed by atoms with Gasteiger partial charge in [0, 0.05) is 28.2 Å². The fourth-order valence-electron chi connectivity index (χ4n) is 3.03. The summed E-state index contributed by atoms with van der Waals surface area (Å²) in [6.07, 6.45) is 0. The third-order valence-electron chi connectivity index (χ3n) is 4.68. The van der Waals surface area contributed by atoms with E-state index in [2.05, 4.69) is 11.5 Å². The van der Waals surface area contributed by atoms with Crippen LogP contribution in [0.25, 0.3) is 5.57 Å². The lowest BCUT2D eigenvalue weighted by atomic mass is 10.1. The molecule has 0 bridgehead atoms. The van der Waals surface area contributed by atoms with Crippen molar-refractivity contribution in [1.82, 2.24) is 0 Å². The van der Waals surface area contributed by atoms with Gasteiger partial charge < -0.3 is 4.90 Å². The van der Waals surface area contributed by atoms with Crippen molar-refractivity contribution in [2.45, 2.75) is 20.8 Å². The molecule has 140 valence electrons. The molecule has 0 saturated carbocycles. The summed E-state index contributed by atoms with van der Waals surface area (Å²) in [7, 11) is 0. The summed E-state index contributed by atoms with van der Waals surface area (Å²) in [6.45, 7) is 9.09. The summed E-state index contributed by atoms with van der Waals surface area (Å²) in [6, 6.07) is 23.2. The molecule has 0 aliphatic carbocycles. The van der Waals surface area contributed by atoms with Gasteiger partial charge in [0.15, 0.2) is 11.6 Å². The maximum absolute atomic E-state index is 11.6. The monoisotopic (exact) mass is 369 g/mol. The van der Waals surface area contributed by atoms with Crippen LogP contribution in [0.1, 0.15) is 47.1 Å². The molecule has 3 aromatic carbocycles. The van der Waals surface area contributed by atoms with Gasteiger partial charge in [-0.2, -0.15) is 0 Å². The zero-order chi connectivity index (χ0) is 20.3. The quantitative estimate of drug-likeness (QED) is 0.460. The highest BCUT2D eigenvalue weighted by Gasteiger charge is 2.13. The van der Waals surface area contributed by atoms with Gasteiger partial charge in [0.25, 0.3) is 0 Å². The Morgan fingerprint density at radius 1 is 0.571 bits per heavy atom. The van der Waals surface area contributed by atoms with Gasteiger partial charge in [-0.05, 0) is 87.0 Å². The van der Waals surface area contributed by atoms with Crippen LogP contribution in [0.5, 0.6) is 0 Å². The Morgan fingerprint density at radius 3 is 1.11 bits per heavy atom. The number of hydrogen-bond acceptors (Lipinski definition) is 3. The van der Waals surface area contributed by atoms with Crippen LogP contribution in [-0.4, -0.2) is 11.6 Å². The van der Waals surface area contributed by atoms with Crippen molar-refractivity contribution in [1.29, 1.82) is 0 Å². The van der Waals surface area contributed by atoms with E-state index in [4.69, 9.17) is 0 Å². The Kier molecular flexibility index (Phi) is 5.55. The van der Waals surface area contributed by atoms with Gasteiger partial charge in [-0.15, -0.1) is 0 Å². The molecule has 0 radical (unpaired) electrons. The summed E-state index contributed by atoms with van der Waals surface area (Å²) < 4.78 is 0. The highest BCUT2D eigenvalue weighted by molar-refractivity contribution is 5.95. The lowest BCUT2D eigenvalue weighted by Gasteiger charge is -2.26. The number of allylic oxidation sites excluding steroid dienone is 1. The number of ketones is 2. The zero-order valence-corrected chi connectivity index (χ0v) is 16.4. The molecule has 3 nitrogen and oxygen atoms in total. The topological polar surface area (TPSA) is 37.4 Å². The number of carbonyl (C=O) groups excluding carboxylic acids is 2. The molecule has 0 aromatic heterocycles. The predicted molar refractivity (Wildman–Crippen MR) is 116 cm³/mol. The molecule has 0 fully saturated rings. The maximum atomic E-state index is 11.6. The number of benzene rings is 3. The fraction of sp³-hybridized carbons (Fsp3) is 0.120. The van der Waals surface area contributed by atoms with Gasteiger partial charge in [0.2, 0.25) is 0 Å². The fourth-order valence-corrected chi connectivity index (χ4v) is 3.03. The second-order valence-corrected chi connectivity index (χ2v) is 6.87. The summed E-state index contributed by atoms with van der Waals surface area (Å²) in [5.74, 6) is 0.0736. The van der Waals surface area contributed by atoms with Crippen LogP contribution in [0.3, 0.4) is 0 Å². The average molecular weight is 369 g/mol. The van der Waals surface area contributed by atoms with Crippen LogP contribution in [0.15, 0.2) is 79.4 Å². The minimum atomic E-state index is 0.0368. The number of hydrogen-bond donors (Lipinski definition) is 0. The number of carbonyl (C=O) groups is 2. The Balaban J connectivity index is 2.08. The molecule has 28 heavy (non-hydrogen) atoms. The second-order valence-electron chi connectivity index (χ2n) is 6.87. The first kappa shape index (κ1) is 19.3. The third kappa shape index (κ3) is 4.09. The number of rotatable bonds is 6. The van der Waals surface area contributed by atoms with Gasteiger partial charge in [-0.25, -0.2) is 0 Å². The van der Waals surface area contributed by atoms with Gasteiger partial charge in [0.1, 0.15) is 0 Å². The first-order valence-corrected chi connectivity index (χ1v) is 9.15. The molecular formula is C25H23NO2. The van der Waals surface area contributed by atoms with Crippen LogP contribution in [0, 0.1) is 0 Å². The molecule has 0 aliphatic heterocycles. The van der Waals surface area contributed by atoms with E-state index >= 15 is 0 Å². The van der Waals surface area contributed by atoms with Crippen LogP contribution >= 0.6 is 0 Å². The Labute approximate surface area is 165 Å². The molecule has 0 saturated heterocycles. The average Bonchev–Trinajstić information content (AvgIpc) is 2.69. The van der Waals surface area contributed by atoms with E-state index in [1.807, 2.05) is 79.7 Å². The standard InChI is InChI=1S/C25H23NO2/c1-17(2)20-5-11-23(12-6-20)26(24-13-7-21(8-14-24)18(3)27)25-15-9-22(10-16-25)19(4)28/h5-16H,1H2,2-4H3. The predicted octanol–water partition coefficient (Wildman–Crippen LogP) is 6.59. The summed E-state index contributed by atoms with van der Waals surface area (Å²) in [5.41, 5.74) is 6.29. The lowest BCUT2D eigenvalue weighted by molar-refractivity contribution is 0.100. The van der Waals surface area contributed by atoms with Crippen LogP contribution < -0.4 is 4.90 Å². The Bertz CT molecular complexity index is 877. The van der Waals surface area contributed by atoms with Crippen molar-refractivity contribution in [3.8, 4) is 0 Å². The van der Waals surface area contributed by atoms with Crippen molar-refractivity contribution >= 4 is 34.2 Å². The number of Topliss-reactive ketones (excluding diaryl/α,β-unsaturated/α-hetero) is 2. The third-order valence-corrected chi connectivity index (χ3v) is 4.68. The molecule has 0 heterocycles. The second kappa shape index (κ2) is 8.05. The molecule has 3 rings (SSSR count). The van der Waals surface area contributed by atoms with Gasteiger partial charge in [-0.1, -0.05) is 24.3 Å². The molecular weight excluding hydrogens is 346 g/mol. The van der Waals surface area contributed by atoms with Gasteiger partial charge in [0.05, 0.1) is 0 Å². The molecule has 0 unspecified atom stereocenters. The lowest BCUT2D eigenvalue weighted by Crippen LogP contribution is -2.10. The molecule has 3 aromatic rings. The molecule has 3 heteroatoms. The summed E-state index contributed by atoms with van der Waals surface area (Å²) >= 11 is 0. The summed E-state index contributed by atoms with van der Waals surface area (Å²) in [4.78, 5) is 25.3. The van der Waals surface area contributed by atoms with Gasteiger partial charge in [-0.3, -0.25) is 9.59 Å². The number of nitrogens with zero attached hydrogens (tertiary/aromatic N) is 1. The van der Waals surface area contributed by atoms with Crippen molar-refractivity contribution in [2.24, 2.45) is 0 Å². The Morgan fingerprint density at radius 2 is 0.857 bits per heavy atom. The highest BCUT2D eigenvalue weighted by Crippen LogP contribution is 2.35. The van der Waals surface area contributed by atoms with Crippen molar-refractivity contribution < 1.29 is 9.59 Å². The first-order valence-electron chi connectivity index (χ1n) is 9.15. The largest absolute Gasteiger partial charge is 0.311 e. The van der Waals surface area contributed by atoms with E-state index in [0.29, 0.717) is 11.1 Å². The minimum absolute atomic E-state index is 0.0368. The van der Waals surface area contributed by atoms with E-state index in [9.17, 15) is 9.59 Å². The van der Waals surface area contributed by atoms with Crippen molar-refractivity contribution in [3.05, 3.63) is 96.1 Å². The van der Waals surface area contributed by atoms with Crippen molar-refractivity contribution in [2.75, 3.05) is 4.90 Å². The highest BCUT2D eigenvalue weighted by atomic mass is 16.1. The van der Waals surface area contributed by atoms with Crippen LogP contribution in [0.4, 0.5) is 17.1 Å². The first-order chi connectivity index (χ1) is 13.4. The molecule has 0 amide bonds. The smallest absolute Gasteiger partial charge is 0.159 e. The maximum Gasteiger partial charge on any atom is 0.159 e. The van der Waals surface area contributed by atoms with E-state index in [1.165, 1.54) is 0 Å². The van der Waals surface area contributed by atoms with Crippen LogP contribution in [-0.2, 0) is 0 Å². The number of anilines is 3. The minimum Gasteiger partial charge on any atom is -0.311 e. The molecule has 0 spiro atoms. The molecule has 0 aliphatic rings. The van der Waals surface area contributed by atoms with Crippen LogP contribution in [0.2, 0.25) is 0 Å². The Hall–Kier alpha value is -3.46. The zero-order valence-electron chi connectivity index (χ0n) is 16.4. The van der Waals surface area contributed by atoms with Crippen molar-refractivity contribution in [3.63, 3.8) is 0 Å². The SMILES string of the molecule is C=C(C)c1ccc(N(c2ccc(C(C)=O)cc2)c2ccc(C(C)=O)cc2)cc1.